The van der Waals surface area contributed by atoms with Gasteiger partial charge in [0.2, 0.25) is 5.88 Å². The summed E-state index contributed by atoms with van der Waals surface area (Å²) in [5.74, 6) is 0.130. The van der Waals surface area contributed by atoms with Crippen LogP contribution in [-0.2, 0) is 0 Å². The molecule has 10 heteroatoms. The van der Waals surface area contributed by atoms with E-state index in [9.17, 15) is 9.59 Å². The second-order valence-corrected chi connectivity index (χ2v) is 6.58. The number of carbonyl (C=O) groups is 2. The first-order chi connectivity index (χ1) is 12.3. The lowest BCUT2D eigenvalue weighted by Gasteiger charge is -2.20. The van der Waals surface area contributed by atoms with Crippen LogP contribution < -0.4 is 26.8 Å². The molecule has 2 aromatic rings. The number of rotatable bonds is 7. The highest BCUT2D eigenvalue weighted by molar-refractivity contribution is 7.09. The van der Waals surface area contributed by atoms with Crippen LogP contribution in [0.4, 0.5) is 21.0 Å². The van der Waals surface area contributed by atoms with Crippen molar-refractivity contribution in [1.82, 2.24) is 15.2 Å². The minimum Gasteiger partial charge on any atom is -0.396 e. The second-order valence-electron chi connectivity index (χ2n) is 5.84. The van der Waals surface area contributed by atoms with Gasteiger partial charge in [-0.25, -0.2) is 14.6 Å². The largest absolute Gasteiger partial charge is 0.418 e. The van der Waals surface area contributed by atoms with Crippen LogP contribution in [0.1, 0.15) is 18.0 Å². The van der Waals surface area contributed by atoms with Crippen molar-refractivity contribution < 1.29 is 14.3 Å². The zero-order chi connectivity index (χ0) is 19.1. The molecule has 1 atom stereocenters. The van der Waals surface area contributed by atoms with Crippen LogP contribution >= 0.6 is 11.3 Å². The van der Waals surface area contributed by atoms with Crippen LogP contribution in [0.3, 0.4) is 0 Å². The van der Waals surface area contributed by atoms with Gasteiger partial charge in [-0.2, -0.15) is 0 Å². The number of nitrogens with one attached hydrogen (secondary N) is 2. The Hall–Kier alpha value is -2.85. The van der Waals surface area contributed by atoms with Gasteiger partial charge in [-0.3, -0.25) is 5.32 Å². The normalized spacial score (nSPS) is 11.8. The fourth-order valence-electron chi connectivity index (χ4n) is 2.18. The van der Waals surface area contributed by atoms with Gasteiger partial charge in [-0.1, -0.05) is 6.07 Å². The third-order valence-corrected chi connectivity index (χ3v) is 4.23. The van der Waals surface area contributed by atoms with E-state index in [1.54, 1.807) is 22.9 Å². The van der Waals surface area contributed by atoms with E-state index in [4.69, 9.17) is 16.2 Å². The van der Waals surface area contributed by atoms with Gasteiger partial charge < -0.3 is 26.4 Å². The summed E-state index contributed by atoms with van der Waals surface area (Å²) < 4.78 is 5.12. The molecule has 0 fully saturated rings. The SMILES string of the molecule is CN(C)CCC(NC(N)=O)c1ccc(OC(=O)Nc2cscc2N)nc1. The van der Waals surface area contributed by atoms with Crippen molar-refractivity contribution in [3.05, 3.63) is 34.7 Å². The second kappa shape index (κ2) is 9.02. The molecule has 26 heavy (non-hydrogen) atoms. The average molecular weight is 378 g/mol. The number of nitrogens with zero attached hydrogens (tertiary/aromatic N) is 2. The van der Waals surface area contributed by atoms with Gasteiger partial charge in [0.1, 0.15) is 0 Å². The maximum absolute atomic E-state index is 11.9. The number of aromatic nitrogens is 1. The van der Waals surface area contributed by atoms with Crippen LogP contribution in [0.15, 0.2) is 29.1 Å². The first kappa shape index (κ1) is 19.5. The molecule has 6 N–H and O–H groups in total. The Kier molecular flexibility index (Phi) is 6.75. The maximum Gasteiger partial charge on any atom is 0.418 e. The number of amides is 3. The fraction of sp³-hybridized carbons (Fsp3) is 0.312. The van der Waals surface area contributed by atoms with Crippen molar-refractivity contribution in [1.29, 1.82) is 0 Å². The molecule has 2 heterocycles. The fourth-order valence-corrected chi connectivity index (χ4v) is 2.85. The Bertz CT molecular complexity index is 747. The number of pyridine rings is 1. The highest BCUT2D eigenvalue weighted by atomic mass is 32.1. The van der Waals surface area contributed by atoms with Crippen molar-refractivity contribution in [2.45, 2.75) is 12.5 Å². The zero-order valence-corrected chi connectivity index (χ0v) is 15.4. The van der Waals surface area contributed by atoms with E-state index in [1.165, 1.54) is 17.5 Å². The Morgan fingerprint density at radius 2 is 2.12 bits per heavy atom. The van der Waals surface area contributed by atoms with Crippen molar-refractivity contribution >= 4 is 34.8 Å². The van der Waals surface area contributed by atoms with Gasteiger partial charge in [0.25, 0.3) is 0 Å². The van der Waals surface area contributed by atoms with Gasteiger partial charge in [-0.05, 0) is 32.6 Å². The van der Waals surface area contributed by atoms with Gasteiger partial charge in [-0.15, -0.1) is 11.3 Å². The molecule has 0 saturated heterocycles. The molecule has 0 radical (unpaired) electrons. The van der Waals surface area contributed by atoms with Gasteiger partial charge in [0.15, 0.2) is 0 Å². The number of primary amides is 1. The number of carbonyl (C=O) groups excluding carboxylic acids is 2. The van der Waals surface area contributed by atoms with Crippen LogP contribution in [0.25, 0.3) is 0 Å². The zero-order valence-electron chi connectivity index (χ0n) is 14.6. The van der Waals surface area contributed by atoms with Gasteiger partial charge in [0, 0.05) is 23.0 Å². The number of nitrogens with two attached hydrogens (primary N) is 2. The van der Waals surface area contributed by atoms with Crippen molar-refractivity contribution in [2.75, 3.05) is 31.7 Å². The molecule has 0 saturated carbocycles. The van der Waals surface area contributed by atoms with Gasteiger partial charge >= 0.3 is 12.1 Å². The molecule has 0 aliphatic rings. The molecule has 0 bridgehead atoms. The molecule has 0 aliphatic heterocycles. The van der Waals surface area contributed by atoms with E-state index in [-0.39, 0.29) is 11.9 Å². The smallest absolute Gasteiger partial charge is 0.396 e. The quantitative estimate of drug-likeness (QED) is 0.582. The number of hydrogen-bond donors (Lipinski definition) is 4. The standard InChI is InChI=1S/C16H22N6O3S/c1-22(2)6-5-12(20-15(18)23)10-3-4-14(19-7-10)25-16(24)21-13-9-26-8-11(13)17/h3-4,7-9,12H,5-6,17H2,1-2H3,(H,21,24)(H3,18,20,23). The summed E-state index contributed by atoms with van der Waals surface area (Å²) in [5.41, 5.74) is 12.7. The minimum absolute atomic E-state index is 0.130. The lowest BCUT2D eigenvalue weighted by Crippen LogP contribution is -2.34. The number of hydrogen-bond acceptors (Lipinski definition) is 7. The summed E-state index contributed by atoms with van der Waals surface area (Å²) in [4.78, 5) is 29.2. The van der Waals surface area contributed by atoms with E-state index in [0.29, 0.717) is 17.8 Å². The Morgan fingerprint density at radius 3 is 2.65 bits per heavy atom. The predicted octanol–water partition coefficient (Wildman–Crippen LogP) is 2.00. The molecule has 2 rings (SSSR count). The minimum atomic E-state index is -0.685. The Labute approximate surface area is 155 Å². The molecule has 1 unspecified atom stereocenters. The van der Waals surface area contributed by atoms with E-state index < -0.39 is 12.1 Å². The van der Waals surface area contributed by atoms with Crippen LogP contribution in [0.2, 0.25) is 0 Å². The van der Waals surface area contributed by atoms with Crippen LogP contribution in [-0.4, -0.2) is 42.6 Å². The third-order valence-electron chi connectivity index (χ3n) is 3.47. The molecular formula is C16H22N6O3S. The van der Waals surface area contributed by atoms with Crippen LogP contribution in [0, 0.1) is 0 Å². The molecule has 140 valence electrons. The lowest BCUT2D eigenvalue weighted by molar-refractivity contribution is 0.213. The summed E-state index contributed by atoms with van der Waals surface area (Å²) in [7, 11) is 3.88. The van der Waals surface area contributed by atoms with Crippen LogP contribution in [0.5, 0.6) is 5.88 Å². The highest BCUT2D eigenvalue weighted by Gasteiger charge is 2.15. The summed E-state index contributed by atoms with van der Waals surface area (Å²) in [6.45, 7) is 0.758. The van der Waals surface area contributed by atoms with E-state index in [2.05, 4.69) is 15.6 Å². The first-order valence-corrected chi connectivity index (χ1v) is 8.76. The molecule has 0 aromatic carbocycles. The first-order valence-electron chi connectivity index (χ1n) is 7.82. The lowest BCUT2D eigenvalue weighted by atomic mass is 10.1. The summed E-state index contributed by atoms with van der Waals surface area (Å²) in [6, 6.07) is 2.39. The predicted molar refractivity (Wildman–Crippen MR) is 101 cm³/mol. The highest BCUT2D eigenvalue weighted by Crippen LogP contribution is 2.23. The molecule has 0 aliphatic carbocycles. The number of nitrogen functional groups attached to an aromatic ring is 1. The Balaban J connectivity index is 1.99. The summed E-state index contributed by atoms with van der Waals surface area (Å²) in [5, 5.41) is 8.64. The monoisotopic (exact) mass is 378 g/mol. The summed E-state index contributed by atoms with van der Waals surface area (Å²) in [6.07, 6.45) is 1.52. The molecule has 3 amide bonds. The average Bonchev–Trinajstić information content (AvgIpc) is 2.96. The van der Waals surface area contributed by atoms with Crippen molar-refractivity contribution in [2.24, 2.45) is 5.73 Å². The molecule has 9 nitrogen and oxygen atoms in total. The number of urea groups is 1. The van der Waals surface area contributed by atoms with E-state index in [0.717, 1.165) is 12.1 Å². The topological polar surface area (TPSA) is 136 Å². The summed E-state index contributed by atoms with van der Waals surface area (Å²) >= 11 is 1.37. The van der Waals surface area contributed by atoms with E-state index >= 15 is 0 Å². The molecule has 2 aromatic heterocycles. The maximum atomic E-state index is 11.9. The van der Waals surface area contributed by atoms with Crippen molar-refractivity contribution in [3.8, 4) is 5.88 Å². The van der Waals surface area contributed by atoms with E-state index in [1.807, 2.05) is 19.0 Å². The third kappa shape index (κ3) is 5.90. The Morgan fingerprint density at radius 1 is 1.35 bits per heavy atom. The number of ether oxygens (including phenoxy) is 1. The number of thiophene rings is 1. The number of anilines is 2. The molecular weight excluding hydrogens is 356 g/mol. The van der Waals surface area contributed by atoms with Crippen molar-refractivity contribution in [3.63, 3.8) is 0 Å². The van der Waals surface area contributed by atoms with Gasteiger partial charge in [0.05, 0.1) is 17.4 Å². The molecule has 0 spiro atoms.